The molecule has 1 rings (SSSR count). The summed E-state index contributed by atoms with van der Waals surface area (Å²) >= 11 is 0. The van der Waals surface area contributed by atoms with Crippen LogP contribution in [0.25, 0.3) is 0 Å². The quantitative estimate of drug-likeness (QED) is 0.630. The van der Waals surface area contributed by atoms with E-state index in [4.69, 9.17) is 11.0 Å². The summed E-state index contributed by atoms with van der Waals surface area (Å²) in [5, 5.41) is 8.54. The lowest BCUT2D eigenvalue weighted by atomic mass is 10.3. The minimum atomic E-state index is -3.48. The zero-order valence-electron chi connectivity index (χ0n) is 10.5. The van der Waals surface area contributed by atoms with Gasteiger partial charge in [-0.3, -0.25) is 4.79 Å². The van der Waals surface area contributed by atoms with Crippen molar-refractivity contribution < 1.29 is 18.0 Å². The molecule has 0 aliphatic heterocycles. The van der Waals surface area contributed by atoms with E-state index in [0.29, 0.717) is 0 Å². The molecule has 0 radical (unpaired) electrons. The first kappa shape index (κ1) is 15.7. The molecule has 1 aromatic carbocycles. The Morgan fingerprint density at radius 1 is 1.25 bits per heavy atom. The molecular weight excluding hydrogens is 282 g/mol. The number of rotatable bonds is 5. The minimum absolute atomic E-state index is 0.00151. The second-order valence-electron chi connectivity index (χ2n) is 3.90. The summed E-state index contributed by atoms with van der Waals surface area (Å²) in [6.07, 6.45) is 1.09. The SMILES string of the molecule is N#CN(C(N)=O)C(=O)CCCS(=O)(=O)c1ccccc1. The standard InChI is InChI=1S/C12H13N3O4S/c13-9-15(12(14)17)11(16)7-4-8-20(18,19)10-5-2-1-3-6-10/h1-3,5-6H,4,7-8H2,(H2,14,17). The van der Waals surface area contributed by atoms with Crippen molar-refractivity contribution in [1.82, 2.24) is 4.90 Å². The summed E-state index contributed by atoms with van der Waals surface area (Å²) in [7, 11) is -3.48. The molecule has 0 fully saturated rings. The third-order valence-electron chi connectivity index (χ3n) is 2.48. The maximum atomic E-state index is 11.9. The Morgan fingerprint density at radius 3 is 2.35 bits per heavy atom. The fraction of sp³-hybridized carbons (Fsp3) is 0.250. The van der Waals surface area contributed by atoms with Crippen molar-refractivity contribution in [3.63, 3.8) is 0 Å². The van der Waals surface area contributed by atoms with Gasteiger partial charge < -0.3 is 5.73 Å². The lowest BCUT2D eigenvalue weighted by molar-refractivity contribution is -0.125. The van der Waals surface area contributed by atoms with E-state index in [1.165, 1.54) is 18.3 Å². The summed E-state index contributed by atoms with van der Waals surface area (Å²) in [5.74, 6) is -1.07. The van der Waals surface area contributed by atoms with Gasteiger partial charge in [-0.05, 0) is 18.6 Å². The molecule has 0 aromatic heterocycles. The third-order valence-corrected chi connectivity index (χ3v) is 4.29. The Labute approximate surface area is 116 Å². The van der Waals surface area contributed by atoms with Crippen molar-refractivity contribution in [2.75, 3.05) is 5.75 Å². The fourth-order valence-corrected chi connectivity index (χ4v) is 2.83. The normalized spacial score (nSPS) is 10.6. The fourth-order valence-electron chi connectivity index (χ4n) is 1.50. The Balaban J connectivity index is 2.59. The van der Waals surface area contributed by atoms with Gasteiger partial charge in [-0.15, -0.1) is 0 Å². The summed E-state index contributed by atoms with van der Waals surface area (Å²) < 4.78 is 23.8. The number of nitriles is 1. The minimum Gasteiger partial charge on any atom is -0.350 e. The molecule has 0 spiro atoms. The van der Waals surface area contributed by atoms with Crippen LogP contribution in [0.3, 0.4) is 0 Å². The molecule has 0 heterocycles. The molecular formula is C12H13N3O4S. The Bertz CT molecular complexity index is 634. The van der Waals surface area contributed by atoms with E-state index in [9.17, 15) is 18.0 Å². The monoisotopic (exact) mass is 295 g/mol. The molecule has 7 nitrogen and oxygen atoms in total. The predicted molar refractivity (Wildman–Crippen MR) is 69.8 cm³/mol. The van der Waals surface area contributed by atoms with Crippen LogP contribution in [0.1, 0.15) is 12.8 Å². The van der Waals surface area contributed by atoms with Gasteiger partial charge in [-0.1, -0.05) is 18.2 Å². The second kappa shape index (κ2) is 6.68. The van der Waals surface area contributed by atoms with Crippen LogP contribution in [0.4, 0.5) is 4.79 Å². The number of sulfone groups is 1. The lowest BCUT2D eigenvalue weighted by Gasteiger charge is -2.08. The lowest BCUT2D eigenvalue weighted by Crippen LogP contribution is -2.36. The first-order valence-corrected chi connectivity index (χ1v) is 7.33. The summed E-state index contributed by atoms with van der Waals surface area (Å²) in [4.78, 5) is 22.6. The highest BCUT2D eigenvalue weighted by Crippen LogP contribution is 2.12. The molecule has 20 heavy (non-hydrogen) atoms. The molecule has 8 heteroatoms. The highest BCUT2D eigenvalue weighted by Gasteiger charge is 2.20. The van der Waals surface area contributed by atoms with Crippen LogP contribution in [0, 0.1) is 11.5 Å². The molecule has 0 aliphatic carbocycles. The summed E-state index contributed by atoms with van der Waals surface area (Å²) in [6, 6.07) is 6.64. The number of urea groups is 1. The number of hydrogen-bond acceptors (Lipinski definition) is 5. The maximum absolute atomic E-state index is 11.9. The number of hydrogen-bond donors (Lipinski definition) is 1. The Kier molecular flexibility index (Phi) is 5.23. The first-order chi connectivity index (χ1) is 9.38. The number of nitrogens with two attached hydrogens (primary N) is 1. The molecule has 0 saturated heterocycles. The summed E-state index contributed by atoms with van der Waals surface area (Å²) in [6.45, 7) is 0. The van der Waals surface area contributed by atoms with Crippen LogP contribution < -0.4 is 5.73 Å². The molecule has 0 unspecified atom stereocenters. The van der Waals surface area contributed by atoms with E-state index in [0.717, 1.165) is 0 Å². The van der Waals surface area contributed by atoms with E-state index in [1.807, 2.05) is 0 Å². The number of nitrogens with zero attached hydrogens (tertiary/aromatic N) is 2. The first-order valence-electron chi connectivity index (χ1n) is 5.68. The molecule has 0 bridgehead atoms. The highest BCUT2D eigenvalue weighted by atomic mass is 32.2. The van der Waals surface area contributed by atoms with Gasteiger partial charge in [0.2, 0.25) is 5.91 Å². The van der Waals surface area contributed by atoms with E-state index < -0.39 is 21.8 Å². The molecule has 0 saturated carbocycles. The molecule has 0 aliphatic rings. The maximum Gasteiger partial charge on any atom is 0.335 e. The van der Waals surface area contributed by atoms with Gasteiger partial charge in [0.1, 0.15) is 0 Å². The highest BCUT2D eigenvalue weighted by molar-refractivity contribution is 7.91. The van der Waals surface area contributed by atoms with E-state index in [1.54, 1.807) is 18.2 Å². The van der Waals surface area contributed by atoms with Gasteiger partial charge in [0.15, 0.2) is 16.0 Å². The average Bonchev–Trinajstić information content (AvgIpc) is 2.40. The predicted octanol–water partition coefficient (Wildman–Crippen LogP) is 0.629. The van der Waals surface area contributed by atoms with Crippen LogP contribution >= 0.6 is 0 Å². The number of carbonyl (C=O) groups is 2. The van der Waals surface area contributed by atoms with Crippen molar-refractivity contribution in [2.45, 2.75) is 17.7 Å². The van der Waals surface area contributed by atoms with Crippen molar-refractivity contribution in [3.05, 3.63) is 30.3 Å². The van der Waals surface area contributed by atoms with Gasteiger partial charge in [-0.2, -0.15) is 10.2 Å². The van der Waals surface area contributed by atoms with E-state index in [-0.39, 0.29) is 28.4 Å². The Hall–Kier alpha value is -2.40. The van der Waals surface area contributed by atoms with E-state index >= 15 is 0 Å². The van der Waals surface area contributed by atoms with Crippen molar-refractivity contribution in [2.24, 2.45) is 5.73 Å². The zero-order chi connectivity index (χ0) is 15.2. The zero-order valence-corrected chi connectivity index (χ0v) is 11.3. The van der Waals surface area contributed by atoms with Crippen LogP contribution in [0.5, 0.6) is 0 Å². The Morgan fingerprint density at radius 2 is 1.85 bits per heavy atom. The topological polar surface area (TPSA) is 121 Å². The van der Waals surface area contributed by atoms with Crippen LogP contribution in [-0.2, 0) is 14.6 Å². The third kappa shape index (κ3) is 4.07. The second-order valence-corrected chi connectivity index (χ2v) is 6.01. The molecule has 106 valence electrons. The molecule has 2 N–H and O–H groups in total. The van der Waals surface area contributed by atoms with Crippen molar-refractivity contribution in [3.8, 4) is 6.19 Å². The number of carbonyl (C=O) groups excluding carboxylic acids is 2. The van der Waals surface area contributed by atoms with Crippen molar-refractivity contribution >= 4 is 21.8 Å². The smallest absolute Gasteiger partial charge is 0.335 e. The number of imide groups is 1. The van der Waals surface area contributed by atoms with Gasteiger partial charge in [-0.25, -0.2) is 13.2 Å². The largest absolute Gasteiger partial charge is 0.350 e. The molecule has 3 amide bonds. The van der Waals surface area contributed by atoms with E-state index in [2.05, 4.69) is 0 Å². The van der Waals surface area contributed by atoms with Gasteiger partial charge >= 0.3 is 6.03 Å². The number of primary amides is 1. The molecule has 1 aromatic rings. The van der Waals surface area contributed by atoms with Crippen LogP contribution in [0.15, 0.2) is 35.2 Å². The number of benzene rings is 1. The van der Waals surface area contributed by atoms with Gasteiger partial charge in [0.25, 0.3) is 0 Å². The van der Waals surface area contributed by atoms with Gasteiger partial charge in [0.05, 0.1) is 10.6 Å². The molecule has 0 atom stereocenters. The van der Waals surface area contributed by atoms with Gasteiger partial charge in [0, 0.05) is 6.42 Å². The average molecular weight is 295 g/mol. The van der Waals surface area contributed by atoms with Crippen LogP contribution in [0.2, 0.25) is 0 Å². The summed E-state index contributed by atoms with van der Waals surface area (Å²) in [5.41, 5.74) is 4.82. The number of amides is 3. The van der Waals surface area contributed by atoms with Crippen LogP contribution in [-0.4, -0.2) is 31.0 Å². The van der Waals surface area contributed by atoms with Crippen molar-refractivity contribution in [1.29, 1.82) is 5.26 Å².